The molecule has 70 valence electrons. The molecule has 1 aromatic rings. The quantitative estimate of drug-likeness (QED) is 0.677. The van der Waals surface area contributed by atoms with E-state index in [9.17, 15) is 0 Å². The largest absolute Gasteiger partial charge is 0.143 e. The summed E-state index contributed by atoms with van der Waals surface area (Å²) in [6, 6.07) is 6.59. The van der Waals surface area contributed by atoms with Crippen LogP contribution in [0.2, 0.25) is 0 Å². The fourth-order valence-corrected chi connectivity index (χ4v) is 2.22. The molecule has 0 amide bonds. The highest BCUT2D eigenvalue weighted by atomic mass is 32.1. The van der Waals surface area contributed by atoms with Gasteiger partial charge in [0.25, 0.3) is 0 Å². The van der Waals surface area contributed by atoms with Crippen molar-refractivity contribution < 1.29 is 0 Å². The van der Waals surface area contributed by atoms with Crippen molar-refractivity contribution in [1.29, 1.82) is 0 Å². The van der Waals surface area contributed by atoms with E-state index in [0.29, 0.717) is 0 Å². The van der Waals surface area contributed by atoms with Gasteiger partial charge in [0, 0.05) is 4.90 Å². The molecular weight excluding hydrogens is 176 g/mol. The lowest BCUT2D eigenvalue weighted by atomic mass is 9.78. The van der Waals surface area contributed by atoms with E-state index in [2.05, 4.69) is 37.8 Å². The summed E-state index contributed by atoms with van der Waals surface area (Å²) in [5.74, 6) is 0.835. The van der Waals surface area contributed by atoms with Gasteiger partial charge in [-0.15, -0.1) is 12.6 Å². The van der Waals surface area contributed by atoms with Crippen molar-refractivity contribution in [2.24, 2.45) is 0 Å². The van der Waals surface area contributed by atoms with Gasteiger partial charge in [0.2, 0.25) is 0 Å². The normalized spacial score (nSPS) is 17.1. The number of rotatable bonds is 2. The zero-order valence-electron chi connectivity index (χ0n) is 8.09. The lowest BCUT2D eigenvalue weighted by Crippen LogP contribution is -2.11. The molecule has 1 fully saturated rings. The van der Waals surface area contributed by atoms with Crippen molar-refractivity contribution in [2.45, 2.75) is 43.4 Å². The Kier molecular flexibility index (Phi) is 2.63. The van der Waals surface area contributed by atoms with Gasteiger partial charge in [-0.25, -0.2) is 0 Å². The first-order chi connectivity index (χ1) is 6.31. The van der Waals surface area contributed by atoms with E-state index < -0.39 is 0 Å². The Labute approximate surface area is 85.8 Å². The molecule has 0 unspecified atom stereocenters. The molecule has 13 heavy (non-hydrogen) atoms. The molecule has 1 saturated carbocycles. The van der Waals surface area contributed by atoms with E-state index in [0.717, 1.165) is 17.2 Å². The molecule has 0 N–H and O–H groups in total. The maximum absolute atomic E-state index is 4.40. The van der Waals surface area contributed by atoms with Crippen molar-refractivity contribution >= 4 is 12.6 Å². The molecule has 0 nitrogen and oxygen atoms in total. The Morgan fingerprint density at radius 3 is 2.69 bits per heavy atom. The van der Waals surface area contributed by atoms with Crippen LogP contribution in [0, 0.1) is 0 Å². The van der Waals surface area contributed by atoms with Gasteiger partial charge < -0.3 is 0 Å². The van der Waals surface area contributed by atoms with Crippen LogP contribution in [0.4, 0.5) is 0 Å². The van der Waals surface area contributed by atoms with E-state index in [-0.39, 0.29) is 0 Å². The number of thiol groups is 1. The van der Waals surface area contributed by atoms with Crippen LogP contribution in [0.5, 0.6) is 0 Å². The molecule has 0 spiro atoms. The Morgan fingerprint density at radius 2 is 2.15 bits per heavy atom. The topological polar surface area (TPSA) is 0 Å². The van der Waals surface area contributed by atoms with Gasteiger partial charge in [-0.3, -0.25) is 0 Å². The molecule has 1 heteroatoms. The first kappa shape index (κ1) is 9.14. The summed E-state index contributed by atoms with van der Waals surface area (Å²) in [6.45, 7) is 2.23. The number of benzene rings is 1. The molecule has 0 bridgehead atoms. The molecule has 1 aliphatic carbocycles. The van der Waals surface area contributed by atoms with Gasteiger partial charge in [-0.2, -0.15) is 0 Å². The Morgan fingerprint density at radius 1 is 1.38 bits per heavy atom. The van der Waals surface area contributed by atoms with Crippen molar-refractivity contribution in [3.63, 3.8) is 0 Å². The molecule has 0 aromatic heterocycles. The van der Waals surface area contributed by atoms with E-state index >= 15 is 0 Å². The zero-order valence-corrected chi connectivity index (χ0v) is 8.98. The third kappa shape index (κ3) is 1.76. The first-order valence-electron chi connectivity index (χ1n) is 5.13. The maximum Gasteiger partial charge on any atom is 0.00430 e. The highest BCUT2D eigenvalue weighted by molar-refractivity contribution is 7.80. The monoisotopic (exact) mass is 192 g/mol. The molecule has 0 aliphatic heterocycles. The molecule has 1 aromatic carbocycles. The summed E-state index contributed by atoms with van der Waals surface area (Å²) in [5.41, 5.74) is 3.07. The molecule has 2 rings (SSSR count). The second kappa shape index (κ2) is 3.75. The summed E-state index contributed by atoms with van der Waals surface area (Å²) in [4.78, 5) is 1.11. The van der Waals surface area contributed by atoms with Crippen molar-refractivity contribution in [3.05, 3.63) is 29.3 Å². The predicted octanol–water partition coefficient (Wildman–Crippen LogP) is 3.81. The van der Waals surface area contributed by atoms with Crippen LogP contribution in [0.15, 0.2) is 23.1 Å². The summed E-state index contributed by atoms with van der Waals surface area (Å²) in [7, 11) is 0. The van der Waals surface area contributed by atoms with E-state index in [4.69, 9.17) is 0 Å². The maximum atomic E-state index is 4.40. The fourth-order valence-electron chi connectivity index (χ4n) is 2.00. The lowest BCUT2D eigenvalue weighted by Gasteiger charge is -2.28. The van der Waals surface area contributed by atoms with Crippen LogP contribution in [0.3, 0.4) is 0 Å². The van der Waals surface area contributed by atoms with E-state index in [1.807, 2.05) is 0 Å². The number of hydrogen-bond acceptors (Lipinski definition) is 1. The second-order valence-corrected chi connectivity index (χ2v) is 4.38. The van der Waals surface area contributed by atoms with Crippen molar-refractivity contribution in [2.75, 3.05) is 0 Å². The smallest absolute Gasteiger partial charge is 0.00430 e. The average Bonchev–Trinajstić information content (AvgIpc) is 2.02. The van der Waals surface area contributed by atoms with Crippen molar-refractivity contribution in [3.8, 4) is 0 Å². The minimum absolute atomic E-state index is 0.835. The third-order valence-electron chi connectivity index (χ3n) is 3.06. The predicted molar refractivity (Wildman–Crippen MR) is 59.7 cm³/mol. The summed E-state index contributed by atoms with van der Waals surface area (Å²) < 4.78 is 0. The van der Waals surface area contributed by atoms with Crippen LogP contribution in [-0.4, -0.2) is 0 Å². The third-order valence-corrected chi connectivity index (χ3v) is 3.33. The van der Waals surface area contributed by atoms with Gasteiger partial charge in [0.05, 0.1) is 0 Å². The molecule has 0 radical (unpaired) electrons. The van der Waals surface area contributed by atoms with Crippen molar-refractivity contribution in [1.82, 2.24) is 0 Å². The Balaban J connectivity index is 2.33. The SMILES string of the molecule is CCc1ccc(S)cc1C1CCC1. The highest BCUT2D eigenvalue weighted by Crippen LogP contribution is 2.38. The number of hydrogen-bond donors (Lipinski definition) is 1. The molecule has 0 heterocycles. The van der Waals surface area contributed by atoms with Gasteiger partial charge in [-0.05, 0) is 48.4 Å². The highest BCUT2D eigenvalue weighted by Gasteiger charge is 2.21. The molecular formula is C12H16S. The Bertz CT molecular complexity index is 300. The van der Waals surface area contributed by atoms with E-state index in [1.165, 1.54) is 24.8 Å². The van der Waals surface area contributed by atoms with Gasteiger partial charge in [0.1, 0.15) is 0 Å². The second-order valence-electron chi connectivity index (χ2n) is 3.86. The molecule has 0 atom stereocenters. The van der Waals surface area contributed by atoms with E-state index in [1.54, 1.807) is 5.56 Å². The fraction of sp³-hybridized carbons (Fsp3) is 0.500. The molecule has 0 saturated heterocycles. The standard InChI is InChI=1S/C12H16S/c1-2-9-6-7-11(13)8-12(9)10-4-3-5-10/h6-8,10,13H,2-5H2,1H3. The molecule has 1 aliphatic rings. The minimum atomic E-state index is 0.835. The summed E-state index contributed by atoms with van der Waals surface area (Å²) in [6.07, 6.45) is 5.32. The van der Waals surface area contributed by atoms with Crippen LogP contribution < -0.4 is 0 Å². The number of aryl methyl sites for hydroxylation is 1. The van der Waals surface area contributed by atoms with Crippen LogP contribution in [0.1, 0.15) is 43.2 Å². The van der Waals surface area contributed by atoms with Crippen LogP contribution >= 0.6 is 12.6 Å². The first-order valence-corrected chi connectivity index (χ1v) is 5.57. The summed E-state index contributed by atoms with van der Waals surface area (Å²) in [5, 5.41) is 0. The van der Waals surface area contributed by atoms with Gasteiger partial charge in [-0.1, -0.05) is 19.4 Å². The van der Waals surface area contributed by atoms with Gasteiger partial charge in [0.15, 0.2) is 0 Å². The lowest BCUT2D eigenvalue weighted by molar-refractivity contribution is 0.417. The average molecular weight is 192 g/mol. The Hall–Kier alpha value is -0.430. The summed E-state index contributed by atoms with van der Waals surface area (Å²) >= 11 is 4.40. The minimum Gasteiger partial charge on any atom is -0.143 e. The van der Waals surface area contributed by atoms with Crippen LogP contribution in [0.25, 0.3) is 0 Å². The van der Waals surface area contributed by atoms with Crippen LogP contribution in [-0.2, 0) is 6.42 Å². The zero-order chi connectivity index (χ0) is 9.26. The van der Waals surface area contributed by atoms with Gasteiger partial charge >= 0.3 is 0 Å².